The normalized spacial score (nSPS) is 29.1. The number of benzene rings is 1. The molecule has 0 saturated carbocycles. The first-order valence-corrected chi connectivity index (χ1v) is 10.7. The Bertz CT molecular complexity index is 704. The van der Waals surface area contributed by atoms with Crippen molar-refractivity contribution in [2.45, 2.75) is 32.2 Å². The highest BCUT2D eigenvalue weighted by Gasteiger charge is 2.44. The molecule has 6 nitrogen and oxygen atoms in total. The molecule has 1 aromatic rings. The summed E-state index contributed by atoms with van der Waals surface area (Å²) in [6, 6.07) is 9.90. The molecule has 152 valence electrons. The van der Waals surface area contributed by atoms with E-state index in [0.29, 0.717) is 18.2 Å². The summed E-state index contributed by atoms with van der Waals surface area (Å²) >= 11 is 0. The maximum absolute atomic E-state index is 13.4. The van der Waals surface area contributed by atoms with E-state index in [1.54, 1.807) is 0 Å². The van der Waals surface area contributed by atoms with Crippen LogP contribution < -0.4 is 5.32 Å². The van der Waals surface area contributed by atoms with Crippen LogP contribution in [0.15, 0.2) is 30.3 Å². The molecule has 3 aliphatic heterocycles. The highest BCUT2D eigenvalue weighted by molar-refractivity contribution is 5.95. The Labute approximate surface area is 167 Å². The summed E-state index contributed by atoms with van der Waals surface area (Å²) in [5, 5.41) is 3.40. The molecule has 3 fully saturated rings. The number of carbonyl (C=O) groups is 2. The molecule has 2 unspecified atom stereocenters. The van der Waals surface area contributed by atoms with Crippen LogP contribution in [0.2, 0.25) is 0 Å². The van der Waals surface area contributed by atoms with Gasteiger partial charge in [0.25, 0.3) is 5.91 Å². The zero-order valence-electron chi connectivity index (χ0n) is 16.9. The van der Waals surface area contributed by atoms with Gasteiger partial charge in [0.1, 0.15) is 0 Å². The number of likely N-dealkylation sites (tertiary alicyclic amines) is 2. The first-order valence-electron chi connectivity index (χ1n) is 10.7. The van der Waals surface area contributed by atoms with Crippen molar-refractivity contribution in [1.29, 1.82) is 0 Å². The summed E-state index contributed by atoms with van der Waals surface area (Å²) < 4.78 is 0. The van der Waals surface area contributed by atoms with Crippen molar-refractivity contribution in [3.8, 4) is 0 Å². The van der Waals surface area contributed by atoms with Crippen LogP contribution in [0.4, 0.5) is 0 Å². The number of amides is 2. The Morgan fingerprint density at radius 1 is 1.04 bits per heavy atom. The highest BCUT2D eigenvalue weighted by atomic mass is 16.2. The molecule has 0 bridgehead atoms. The standard InChI is InChI=1S/C22H32N4O2/c1-22(9-5-12-26(17-22)20(27)18-6-3-2-4-7-18)21(28)25-13-8-19(16-25)24-14-10-23-11-15-24/h2-4,6-7,19,23H,5,8-17H2,1H3. The second kappa shape index (κ2) is 8.21. The van der Waals surface area contributed by atoms with Crippen LogP contribution in [0.1, 0.15) is 36.5 Å². The fraction of sp³-hybridized carbons (Fsp3) is 0.636. The minimum Gasteiger partial charge on any atom is -0.341 e. The van der Waals surface area contributed by atoms with Crippen molar-refractivity contribution in [3.63, 3.8) is 0 Å². The zero-order chi connectivity index (χ0) is 19.6. The van der Waals surface area contributed by atoms with E-state index in [9.17, 15) is 9.59 Å². The zero-order valence-corrected chi connectivity index (χ0v) is 16.9. The molecule has 1 aromatic carbocycles. The van der Waals surface area contributed by atoms with Crippen molar-refractivity contribution in [3.05, 3.63) is 35.9 Å². The maximum atomic E-state index is 13.4. The highest BCUT2D eigenvalue weighted by Crippen LogP contribution is 2.34. The minimum atomic E-state index is -0.471. The van der Waals surface area contributed by atoms with E-state index in [-0.39, 0.29) is 11.8 Å². The summed E-state index contributed by atoms with van der Waals surface area (Å²) in [5.74, 6) is 0.273. The monoisotopic (exact) mass is 384 g/mol. The SMILES string of the molecule is CC1(C(=O)N2CCC(N3CCNCC3)C2)CCCN(C(=O)c2ccccc2)C1. The Balaban J connectivity index is 1.40. The number of nitrogens with one attached hydrogen (secondary N) is 1. The molecule has 28 heavy (non-hydrogen) atoms. The van der Waals surface area contributed by atoms with Gasteiger partial charge in [-0.05, 0) is 38.3 Å². The third-order valence-electron chi connectivity index (χ3n) is 6.64. The molecule has 0 aliphatic carbocycles. The molecule has 3 heterocycles. The van der Waals surface area contributed by atoms with Gasteiger partial charge in [0.05, 0.1) is 5.41 Å². The van der Waals surface area contributed by atoms with Gasteiger partial charge < -0.3 is 15.1 Å². The molecule has 3 aliphatic rings. The van der Waals surface area contributed by atoms with Gasteiger partial charge in [0.2, 0.25) is 5.91 Å². The van der Waals surface area contributed by atoms with E-state index in [2.05, 4.69) is 22.0 Å². The van der Waals surface area contributed by atoms with Crippen molar-refractivity contribution in [2.24, 2.45) is 5.41 Å². The lowest BCUT2D eigenvalue weighted by Gasteiger charge is -2.41. The third kappa shape index (κ3) is 3.94. The molecule has 0 aromatic heterocycles. The van der Waals surface area contributed by atoms with Crippen molar-refractivity contribution < 1.29 is 9.59 Å². The molecule has 3 saturated heterocycles. The third-order valence-corrected chi connectivity index (χ3v) is 6.64. The molecule has 2 amide bonds. The Kier molecular flexibility index (Phi) is 5.69. The van der Waals surface area contributed by atoms with Crippen LogP contribution >= 0.6 is 0 Å². The summed E-state index contributed by atoms with van der Waals surface area (Å²) in [5.41, 5.74) is 0.236. The molecular weight excluding hydrogens is 352 g/mol. The molecule has 4 rings (SSSR count). The smallest absolute Gasteiger partial charge is 0.253 e. The summed E-state index contributed by atoms with van der Waals surface area (Å²) in [7, 11) is 0. The Morgan fingerprint density at radius 2 is 1.79 bits per heavy atom. The van der Waals surface area contributed by atoms with E-state index in [0.717, 1.165) is 65.1 Å². The fourth-order valence-corrected chi connectivity index (χ4v) is 5.00. The van der Waals surface area contributed by atoms with Gasteiger partial charge in [-0.1, -0.05) is 18.2 Å². The minimum absolute atomic E-state index is 0.0411. The predicted octanol–water partition coefficient (Wildman–Crippen LogP) is 1.44. The van der Waals surface area contributed by atoms with Gasteiger partial charge in [-0.2, -0.15) is 0 Å². The molecule has 0 spiro atoms. The van der Waals surface area contributed by atoms with Crippen LogP contribution in [-0.2, 0) is 4.79 Å². The lowest BCUT2D eigenvalue weighted by atomic mass is 9.80. The van der Waals surface area contributed by atoms with Gasteiger partial charge in [0.15, 0.2) is 0 Å². The summed E-state index contributed by atoms with van der Waals surface area (Å²) in [6.07, 6.45) is 2.81. The second-order valence-electron chi connectivity index (χ2n) is 8.74. The average molecular weight is 385 g/mol. The van der Waals surface area contributed by atoms with Gasteiger partial charge >= 0.3 is 0 Å². The first-order chi connectivity index (χ1) is 13.6. The topological polar surface area (TPSA) is 55.9 Å². The van der Waals surface area contributed by atoms with E-state index in [1.165, 1.54) is 0 Å². The number of piperazine rings is 1. The molecule has 6 heteroatoms. The number of nitrogens with zero attached hydrogens (tertiary/aromatic N) is 3. The molecule has 0 radical (unpaired) electrons. The number of piperidine rings is 1. The van der Waals surface area contributed by atoms with Crippen LogP contribution in [0.25, 0.3) is 0 Å². The number of hydrogen-bond acceptors (Lipinski definition) is 4. The van der Waals surface area contributed by atoms with Crippen LogP contribution in [0, 0.1) is 5.41 Å². The average Bonchev–Trinajstić information content (AvgIpc) is 3.24. The number of hydrogen-bond donors (Lipinski definition) is 1. The van der Waals surface area contributed by atoms with E-state index >= 15 is 0 Å². The summed E-state index contributed by atoms with van der Waals surface area (Å²) in [6.45, 7) is 9.22. The predicted molar refractivity (Wildman–Crippen MR) is 109 cm³/mol. The molecule has 1 N–H and O–H groups in total. The van der Waals surface area contributed by atoms with Gasteiger partial charge in [-0.3, -0.25) is 14.5 Å². The molecule has 2 atom stereocenters. The maximum Gasteiger partial charge on any atom is 0.253 e. The van der Waals surface area contributed by atoms with Crippen molar-refractivity contribution in [1.82, 2.24) is 20.0 Å². The number of rotatable bonds is 3. The van der Waals surface area contributed by atoms with E-state index in [4.69, 9.17) is 0 Å². The van der Waals surface area contributed by atoms with Crippen molar-refractivity contribution in [2.75, 3.05) is 52.4 Å². The van der Waals surface area contributed by atoms with E-state index in [1.807, 2.05) is 35.2 Å². The lowest BCUT2D eigenvalue weighted by molar-refractivity contribution is -0.142. The lowest BCUT2D eigenvalue weighted by Crippen LogP contribution is -2.53. The van der Waals surface area contributed by atoms with Gasteiger partial charge in [0, 0.05) is 64.0 Å². The van der Waals surface area contributed by atoms with Crippen LogP contribution in [0.5, 0.6) is 0 Å². The summed E-state index contributed by atoms with van der Waals surface area (Å²) in [4.78, 5) is 32.8. The van der Waals surface area contributed by atoms with Gasteiger partial charge in [-0.25, -0.2) is 0 Å². The van der Waals surface area contributed by atoms with Gasteiger partial charge in [-0.15, -0.1) is 0 Å². The van der Waals surface area contributed by atoms with E-state index < -0.39 is 5.41 Å². The fourth-order valence-electron chi connectivity index (χ4n) is 5.00. The first kappa shape index (κ1) is 19.4. The van der Waals surface area contributed by atoms with Crippen LogP contribution in [-0.4, -0.2) is 84.9 Å². The Hall–Kier alpha value is -1.92. The molecular formula is C22H32N4O2. The quantitative estimate of drug-likeness (QED) is 0.857. The number of carbonyl (C=O) groups excluding carboxylic acids is 2. The Morgan fingerprint density at radius 3 is 2.54 bits per heavy atom. The van der Waals surface area contributed by atoms with Crippen molar-refractivity contribution >= 4 is 11.8 Å². The van der Waals surface area contributed by atoms with Crippen LogP contribution in [0.3, 0.4) is 0 Å². The second-order valence-corrected chi connectivity index (χ2v) is 8.74. The largest absolute Gasteiger partial charge is 0.341 e.